The molecule has 0 bridgehead atoms. The Bertz CT molecular complexity index is 586. The van der Waals surface area contributed by atoms with Gasteiger partial charge >= 0.3 is 5.97 Å². The van der Waals surface area contributed by atoms with E-state index in [1.165, 1.54) is 7.11 Å². The number of aromatic nitrogens is 1. The molecular formula is C14H13NO3S. The van der Waals surface area contributed by atoms with E-state index in [4.69, 9.17) is 0 Å². The number of rotatable bonds is 4. The first-order chi connectivity index (χ1) is 9.19. The SMILES string of the molecule is COC(=O)c1cccc(CSc2cccc(O)c2)n1. The molecular weight excluding hydrogens is 262 g/mol. The molecule has 0 fully saturated rings. The molecule has 4 nitrogen and oxygen atoms in total. The van der Waals surface area contributed by atoms with E-state index in [2.05, 4.69) is 9.72 Å². The smallest absolute Gasteiger partial charge is 0.356 e. The lowest BCUT2D eigenvalue weighted by atomic mass is 10.3. The van der Waals surface area contributed by atoms with Gasteiger partial charge in [0.25, 0.3) is 0 Å². The fourth-order valence-corrected chi connectivity index (χ4v) is 2.36. The van der Waals surface area contributed by atoms with E-state index in [1.807, 2.05) is 12.1 Å². The summed E-state index contributed by atoms with van der Waals surface area (Å²) >= 11 is 1.54. The van der Waals surface area contributed by atoms with Gasteiger partial charge in [0, 0.05) is 10.6 Å². The minimum atomic E-state index is -0.441. The number of carbonyl (C=O) groups excluding carboxylic acids is 1. The zero-order chi connectivity index (χ0) is 13.7. The molecule has 0 aliphatic carbocycles. The molecule has 1 aromatic heterocycles. The first-order valence-corrected chi connectivity index (χ1v) is 6.63. The Kier molecular flexibility index (Phi) is 4.41. The number of pyridine rings is 1. The molecule has 1 heterocycles. The highest BCUT2D eigenvalue weighted by molar-refractivity contribution is 7.98. The number of phenolic OH excluding ortho intramolecular Hbond substituents is 1. The van der Waals surface area contributed by atoms with Gasteiger partial charge in [-0.15, -0.1) is 11.8 Å². The van der Waals surface area contributed by atoms with Gasteiger partial charge in [-0.05, 0) is 30.3 Å². The van der Waals surface area contributed by atoms with Crippen molar-refractivity contribution >= 4 is 17.7 Å². The third-order valence-electron chi connectivity index (χ3n) is 2.41. The monoisotopic (exact) mass is 275 g/mol. The molecule has 0 spiro atoms. The highest BCUT2D eigenvalue weighted by Gasteiger charge is 2.07. The van der Waals surface area contributed by atoms with Crippen molar-refractivity contribution < 1.29 is 14.6 Å². The lowest BCUT2D eigenvalue weighted by molar-refractivity contribution is 0.0594. The van der Waals surface area contributed by atoms with Crippen LogP contribution < -0.4 is 0 Å². The third kappa shape index (κ3) is 3.72. The lowest BCUT2D eigenvalue weighted by Gasteiger charge is -2.04. The molecule has 98 valence electrons. The fraction of sp³-hybridized carbons (Fsp3) is 0.143. The number of methoxy groups -OCH3 is 1. The van der Waals surface area contributed by atoms with E-state index in [-0.39, 0.29) is 5.75 Å². The van der Waals surface area contributed by atoms with Gasteiger partial charge in [0.05, 0.1) is 12.8 Å². The molecule has 2 aromatic rings. The maximum Gasteiger partial charge on any atom is 0.356 e. The number of ether oxygens (including phenoxy) is 1. The number of nitrogens with zero attached hydrogens (tertiary/aromatic N) is 1. The molecule has 19 heavy (non-hydrogen) atoms. The predicted molar refractivity (Wildman–Crippen MR) is 73.2 cm³/mol. The summed E-state index contributed by atoms with van der Waals surface area (Å²) in [5.41, 5.74) is 1.09. The average molecular weight is 275 g/mol. The van der Waals surface area contributed by atoms with Crippen molar-refractivity contribution in [3.63, 3.8) is 0 Å². The van der Waals surface area contributed by atoms with Crippen molar-refractivity contribution in [1.29, 1.82) is 0 Å². The summed E-state index contributed by atoms with van der Waals surface area (Å²) in [6.45, 7) is 0. The molecule has 1 N–H and O–H groups in total. The molecule has 0 aliphatic rings. The van der Waals surface area contributed by atoms with Crippen LogP contribution in [0.2, 0.25) is 0 Å². The maximum atomic E-state index is 11.4. The minimum Gasteiger partial charge on any atom is -0.508 e. The number of carbonyl (C=O) groups is 1. The Morgan fingerprint density at radius 1 is 1.32 bits per heavy atom. The molecule has 0 saturated carbocycles. The summed E-state index contributed by atoms with van der Waals surface area (Å²) in [5.74, 6) is 0.416. The highest BCUT2D eigenvalue weighted by Crippen LogP contribution is 2.25. The zero-order valence-corrected chi connectivity index (χ0v) is 11.2. The number of phenols is 1. The Balaban J connectivity index is 2.05. The highest BCUT2D eigenvalue weighted by atomic mass is 32.2. The van der Waals surface area contributed by atoms with E-state index >= 15 is 0 Å². The normalized spacial score (nSPS) is 10.2. The first-order valence-electron chi connectivity index (χ1n) is 5.65. The number of aromatic hydroxyl groups is 1. The van der Waals surface area contributed by atoms with Crippen LogP contribution in [0, 0.1) is 0 Å². The van der Waals surface area contributed by atoms with Crippen molar-refractivity contribution in [2.75, 3.05) is 7.11 Å². The summed E-state index contributed by atoms with van der Waals surface area (Å²) in [6.07, 6.45) is 0. The number of esters is 1. The van der Waals surface area contributed by atoms with Crippen LogP contribution in [-0.2, 0) is 10.5 Å². The van der Waals surface area contributed by atoms with Gasteiger partial charge in [0.1, 0.15) is 11.4 Å². The topological polar surface area (TPSA) is 59.4 Å². The van der Waals surface area contributed by atoms with Crippen LogP contribution in [0.1, 0.15) is 16.2 Å². The third-order valence-corrected chi connectivity index (χ3v) is 3.43. The van der Waals surface area contributed by atoms with Crippen LogP contribution in [0.5, 0.6) is 5.75 Å². The first kappa shape index (κ1) is 13.4. The molecule has 0 saturated heterocycles. The number of thioether (sulfide) groups is 1. The van der Waals surface area contributed by atoms with Crippen LogP contribution in [0.4, 0.5) is 0 Å². The van der Waals surface area contributed by atoms with Gasteiger partial charge in [-0.3, -0.25) is 0 Å². The van der Waals surface area contributed by atoms with Crippen molar-refractivity contribution in [3.8, 4) is 5.75 Å². The quantitative estimate of drug-likeness (QED) is 0.686. The second kappa shape index (κ2) is 6.24. The number of benzene rings is 1. The van der Waals surface area contributed by atoms with Crippen molar-refractivity contribution in [1.82, 2.24) is 4.98 Å². The zero-order valence-electron chi connectivity index (χ0n) is 10.4. The van der Waals surface area contributed by atoms with Crippen LogP contribution in [0.25, 0.3) is 0 Å². The van der Waals surface area contributed by atoms with Gasteiger partial charge in [0.2, 0.25) is 0 Å². The van der Waals surface area contributed by atoms with Crippen LogP contribution >= 0.6 is 11.8 Å². The molecule has 1 aromatic carbocycles. The Morgan fingerprint density at radius 3 is 2.84 bits per heavy atom. The summed E-state index contributed by atoms with van der Waals surface area (Å²) in [7, 11) is 1.33. The Labute approximate surface area is 115 Å². The standard InChI is InChI=1S/C14H13NO3S/c1-18-14(17)13-7-2-4-10(15-13)9-19-12-6-3-5-11(16)8-12/h2-8,16H,9H2,1H3. The number of hydrogen-bond acceptors (Lipinski definition) is 5. The van der Waals surface area contributed by atoms with Crippen molar-refractivity contribution in [2.24, 2.45) is 0 Å². The van der Waals surface area contributed by atoms with E-state index in [0.717, 1.165) is 10.6 Å². The van der Waals surface area contributed by atoms with E-state index in [9.17, 15) is 9.90 Å². The number of hydrogen-bond donors (Lipinski definition) is 1. The van der Waals surface area contributed by atoms with E-state index < -0.39 is 5.97 Å². The molecule has 0 radical (unpaired) electrons. The van der Waals surface area contributed by atoms with Crippen molar-refractivity contribution in [3.05, 3.63) is 53.9 Å². The second-order valence-corrected chi connectivity index (χ2v) is 4.84. The molecule has 0 amide bonds. The average Bonchev–Trinajstić information content (AvgIpc) is 2.45. The summed E-state index contributed by atoms with van der Waals surface area (Å²) < 4.78 is 4.63. The second-order valence-electron chi connectivity index (χ2n) is 3.79. The minimum absolute atomic E-state index is 0.237. The van der Waals surface area contributed by atoms with Crippen LogP contribution in [0.15, 0.2) is 47.4 Å². The summed E-state index contributed by atoms with van der Waals surface area (Å²) in [5, 5.41) is 9.37. The summed E-state index contributed by atoms with van der Waals surface area (Å²) in [4.78, 5) is 16.5. The van der Waals surface area contributed by atoms with Crippen LogP contribution in [-0.4, -0.2) is 23.2 Å². The van der Waals surface area contributed by atoms with E-state index in [1.54, 1.807) is 42.1 Å². The fourth-order valence-electron chi connectivity index (χ4n) is 1.51. The maximum absolute atomic E-state index is 11.4. The Morgan fingerprint density at radius 2 is 2.11 bits per heavy atom. The van der Waals surface area contributed by atoms with Gasteiger partial charge in [0.15, 0.2) is 0 Å². The lowest BCUT2D eigenvalue weighted by Crippen LogP contribution is -2.05. The Hall–Kier alpha value is -2.01. The van der Waals surface area contributed by atoms with Gasteiger partial charge in [-0.1, -0.05) is 12.1 Å². The largest absolute Gasteiger partial charge is 0.508 e. The van der Waals surface area contributed by atoms with Gasteiger partial charge in [-0.25, -0.2) is 9.78 Å². The van der Waals surface area contributed by atoms with Gasteiger partial charge in [-0.2, -0.15) is 0 Å². The predicted octanol–water partition coefficient (Wildman–Crippen LogP) is 2.87. The molecule has 0 unspecified atom stereocenters. The van der Waals surface area contributed by atoms with Gasteiger partial charge < -0.3 is 9.84 Å². The summed E-state index contributed by atoms with van der Waals surface area (Å²) in [6, 6.07) is 12.3. The molecule has 5 heteroatoms. The van der Waals surface area contributed by atoms with Crippen LogP contribution in [0.3, 0.4) is 0 Å². The van der Waals surface area contributed by atoms with E-state index in [0.29, 0.717) is 11.4 Å². The molecule has 0 atom stereocenters. The molecule has 0 aliphatic heterocycles. The van der Waals surface area contributed by atoms with Crippen molar-refractivity contribution in [2.45, 2.75) is 10.6 Å². The molecule has 2 rings (SSSR count).